The number of hydrogen-bond donors (Lipinski definition) is 3. The van der Waals surface area contributed by atoms with Gasteiger partial charge in [-0.3, -0.25) is 14.6 Å². The zero-order valence-electron chi connectivity index (χ0n) is 10.1. The van der Waals surface area contributed by atoms with Gasteiger partial charge in [0.15, 0.2) is 0 Å². The molecule has 1 aromatic rings. The highest BCUT2D eigenvalue weighted by atomic mass is 16.4. The van der Waals surface area contributed by atoms with Crippen molar-refractivity contribution < 1.29 is 24.6 Å². The molecule has 7 heteroatoms. The number of pyridine rings is 1. The summed E-state index contributed by atoms with van der Waals surface area (Å²) in [5.74, 6) is -3.14. The molecular weight excluding hydrogens is 252 g/mol. The van der Waals surface area contributed by atoms with Gasteiger partial charge in [0.05, 0.1) is 6.42 Å². The van der Waals surface area contributed by atoms with Crippen LogP contribution in [0, 0.1) is 0 Å². The number of amides is 1. The van der Waals surface area contributed by atoms with Crippen molar-refractivity contribution in [2.45, 2.75) is 25.3 Å². The molecule has 1 amide bonds. The fourth-order valence-electron chi connectivity index (χ4n) is 1.45. The summed E-state index contributed by atoms with van der Waals surface area (Å²) >= 11 is 0. The highest BCUT2D eigenvalue weighted by molar-refractivity contribution is 5.86. The van der Waals surface area contributed by atoms with Gasteiger partial charge < -0.3 is 15.5 Å². The molecule has 0 aromatic carbocycles. The van der Waals surface area contributed by atoms with E-state index in [1.54, 1.807) is 24.5 Å². The SMILES string of the molecule is O=C(O)C[C@@H](NC(=O)CCc1cccnc1)C(=O)O. The van der Waals surface area contributed by atoms with E-state index in [0.717, 1.165) is 5.56 Å². The molecule has 0 fully saturated rings. The third-order valence-electron chi connectivity index (χ3n) is 2.38. The van der Waals surface area contributed by atoms with Crippen molar-refractivity contribution in [1.82, 2.24) is 10.3 Å². The number of aryl methyl sites for hydroxylation is 1. The predicted molar refractivity (Wildman–Crippen MR) is 64.4 cm³/mol. The van der Waals surface area contributed by atoms with E-state index in [1.165, 1.54) is 0 Å². The highest BCUT2D eigenvalue weighted by Gasteiger charge is 2.22. The highest BCUT2D eigenvalue weighted by Crippen LogP contribution is 2.01. The fraction of sp³-hybridized carbons (Fsp3) is 0.333. The number of carboxylic acid groups (broad SMARTS) is 2. The average molecular weight is 266 g/mol. The molecular formula is C12H14N2O5. The Morgan fingerprint density at radius 1 is 1.32 bits per heavy atom. The molecule has 0 aliphatic carbocycles. The number of aromatic nitrogens is 1. The second-order valence-corrected chi connectivity index (χ2v) is 3.92. The minimum atomic E-state index is -1.40. The molecule has 19 heavy (non-hydrogen) atoms. The number of aliphatic carboxylic acids is 2. The minimum absolute atomic E-state index is 0.0785. The molecule has 1 aromatic heterocycles. The van der Waals surface area contributed by atoms with Crippen LogP contribution in [-0.4, -0.2) is 39.1 Å². The van der Waals surface area contributed by atoms with Gasteiger partial charge in [-0.05, 0) is 18.1 Å². The first-order valence-corrected chi connectivity index (χ1v) is 5.62. The first kappa shape index (κ1) is 14.6. The van der Waals surface area contributed by atoms with Gasteiger partial charge in [0.1, 0.15) is 6.04 Å². The topological polar surface area (TPSA) is 117 Å². The molecule has 0 radical (unpaired) electrons. The monoisotopic (exact) mass is 266 g/mol. The van der Waals surface area contributed by atoms with E-state index >= 15 is 0 Å². The largest absolute Gasteiger partial charge is 0.481 e. The molecule has 0 aliphatic rings. The van der Waals surface area contributed by atoms with Crippen LogP contribution < -0.4 is 5.32 Å². The zero-order valence-corrected chi connectivity index (χ0v) is 10.1. The summed E-state index contributed by atoms with van der Waals surface area (Å²) in [5, 5.41) is 19.5. The van der Waals surface area contributed by atoms with Gasteiger partial charge in [0.25, 0.3) is 0 Å². The molecule has 1 rings (SSSR count). The van der Waals surface area contributed by atoms with Crippen LogP contribution >= 0.6 is 0 Å². The van der Waals surface area contributed by atoms with Gasteiger partial charge in [0.2, 0.25) is 5.91 Å². The standard InChI is InChI=1S/C12H14N2O5/c15-10(4-3-8-2-1-5-13-7-8)14-9(12(18)19)6-11(16)17/h1-2,5,7,9H,3-4,6H2,(H,14,15)(H,16,17)(H,18,19)/t9-/m1/s1. The van der Waals surface area contributed by atoms with E-state index in [2.05, 4.69) is 10.3 Å². The van der Waals surface area contributed by atoms with E-state index in [4.69, 9.17) is 10.2 Å². The normalized spacial score (nSPS) is 11.6. The summed E-state index contributed by atoms with van der Waals surface area (Å²) in [7, 11) is 0. The maximum absolute atomic E-state index is 11.5. The van der Waals surface area contributed by atoms with Crippen LogP contribution in [0.2, 0.25) is 0 Å². The van der Waals surface area contributed by atoms with Crippen molar-refractivity contribution in [3.8, 4) is 0 Å². The van der Waals surface area contributed by atoms with Gasteiger partial charge in [-0.15, -0.1) is 0 Å². The maximum atomic E-state index is 11.5. The van der Waals surface area contributed by atoms with Gasteiger partial charge in [0, 0.05) is 18.8 Å². The lowest BCUT2D eigenvalue weighted by Gasteiger charge is -2.12. The minimum Gasteiger partial charge on any atom is -0.481 e. The number of carboxylic acids is 2. The number of hydrogen-bond acceptors (Lipinski definition) is 4. The summed E-state index contributed by atoms with van der Waals surface area (Å²) in [4.78, 5) is 36.6. The third-order valence-corrected chi connectivity index (χ3v) is 2.38. The van der Waals surface area contributed by atoms with Crippen molar-refractivity contribution in [3.63, 3.8) is 0 Å². The van der Waals surface area contributed by atoms with Crippen LogP contribution in [0.25, 0.3) is 0 Å². The molecule has 0 saturated carbocycles. The predicted octanol–water partition coefficient (Wildman–Crippen LogP) is 0.0583. The lowest BCUT2D eigenvalue weighted by Crippen LogP contribution is -2.42. The van der Waals surface area contributed by atoms with Crippen LogP contribution in [-0.2, 0) is 20.8 Å². The molecule has 0 saturated heterocycles. The van der Waals surface area contributed by atoms with E-state index in [9.17, 15) is 14.4 Å². The summed E-state index contributed by atoms with van der Waals surface area (Å²) < 4.78 is 0. The first-order valence-electron chi connectivity index (χ1n) is 5.62. The van der Waals surface area contributed by atoms with Crippen LogP contribution in [0.1, 0.15) is 18.4 Å². The lowest BCUT2D eigenvalue weighted by molar-refractivity contribution is -0.147. The van der Waals surface area contributed by atoms with Gasteiger partial charge >= 0.3 is 11.9 Å². The molecule has 0 bridgehead atoms. The Morgan fingerprint density at radius 3 is 2.58 bits per heavy atom. The molecule has 0 unspecified atom stereocenters. The van der Waals surface area contributed by atoms with Crippen molar-refractivity contribution in [3.05, 3.63) is 30.1 Å². The Labute approximate surface area is 109 Å². The fourth-order valence-corrected chi connectivity index (χ4v) is 1.45. The van der Waals surface area contributed by atoms with Gasteiger partial charge in [-0.1, -0.05) is 6.07 Å². The van der Waals surface area contributed by atoms with Crippen molar-refractivity contribution in [2.75, 3.05) is 0 Å². The summed E-state index contributed by atoms with van der Waals surface area (Å²) in [6.07, 6.45) is 3.07. The van der Waals surface area contributed by atoms with Crippen molar-refractivity contribution in [1.29, 1.82) is 0 Å². The second-order valence-electron chi connectivity index (χ2n) is 3.92. The van der Waals surface area contributed by atoms with Crippen molar-refractivity contribution >= 4 is 17.8 Å². The number of nitrogens with one attached hydrogen (secondary N) is 1. The van der Waals surface area contributed by atoms with Crippen molar-refractivity contribution in [2.24, 2.45) is 0 Å². The average Bonchev–Trinajstić information content (AvgIpc) is 2.36. The zero-order chi connectivity index (χ0) is 14.3. The smallest absolute Gasteiger partial charge is 0.326 e. The molecule has 0 spiro atoms. The van der Waals surface area contributed by atoms with Gasteiger partial charge in [-0.25, -0.2) is 4.79 Å². The Hall–Kier alpha value is -2.44. The van der Waals surface area contributed by atoms with E-state index in [-0.39, 0.29) is 6.42 Å². The van der Waals surface area contributed by atoms with Crippen LogP contribution in [0.5, 0.6) is 0 Å². The van der Waals surface area contributed by atoms with Gasteiger partial charge in [-0.2, -0.15) is 0 Å². The number of carbonyl (C=O) groups is 3. The van der Waals surface area contributed by atoms with E-state index in [1.807, 2.05) is 0 Å². The Morgan fingerprint density at radius 2 is 2.05 bits per heavy atom. The number of carbonyl (C=O) groups excluding carboxylic acids is 1. The van der Waals surface area contributed by atoms with Crippen LogP contribution in [0.15, 0.2) is 24.5 Å². The maximum Gasteiger partial charge on any atom is 0.326 e. The molecule has 7 nitrogen and oxygen atoms in total. The molecule has 3 N–H and O–H groups in total. The molecule has 0 aliphatic heterocycles. The third kappa shape index (κ3) is 5.62. The second kappa shape index (κ2) is 7.10. The van der Waals surface area contributed by atoms with E-state index < -0.39 is 30.3 Å². The number of rotatable bonds is 7. The molecule has 1 atom stereocenters. The summed E-state index contributed by atoms with van der Waals surface area (Å²) in [6, 6.07) is 2.13. The van der Waals surface area contributed by atoms with Crippen LogP contribution in [0.3, 0.4) is 0 Å². The quantitative estimate of drug-likeness (QED) is 0.642. The lowest BCUT2D eigenvalue weighted by atomic mass is 10.1. The summed E-state index contributed by atoms with van der Waals surface area (Å²) in [6.45, 7) is 0. The van der Waals surface area contributed by atoms with Crippen LogP contribution in [0.4, 0.5) is 0 Å². The Bertz CT molecular complexity index is 460. The number of nitrogens with zero attached hydrogens (tertiary/aromatic N) is 1. The Kier molecular flexibility index (Phi) is 5.46. The summed E-state index contributed by atoms with van der Waals surface area (Å²) in [5.41, 5.74) is 0.850. The molecule has 102 valence electrons. The van der Waals surface area contributed by atoms with E-state index in [0.29, 0.717) is 6.42 Å². The first-order chi connectivity index (χ1) is 8.99. The molecule has 1 heterocycles. The Balaban J connectivity index is 2.45.